The standard InChI is InChI=1S/C9H7Br2NO3/c10-6-2-1-5(3-7(6)11)8(9(14)15)12-4-13/h1-4,8H,(H,12,13)(H,14,15). The van der Waals surface area contributed by atoms with Crippen molar-refractivity contribution < 1.29 is 14.7 Å². The molecule has 0 spiro atoms. The van der Waals surface area contributed by atoms with E-state index < -0.39 is 12.0 Å². The number of aliphatic carboxylic acids is 1. The summed E-state index contributed by atoms with van der Waals surface area (Å²) in [6.45, 7) is 0. The van der Waals surface area contributed by atoms with Gasteiger partial charge in [0.05, 0.1) is 0 Å². The molecule has 2 N–H and O–H groups in total. The lowest BCUT2D eigenvalue weighted by Crippen LogP contribution is -2.27. The molecule has 0 aliphatic carbocycles. The molecule has 0 aromatic heterocycles. The number of carboxylic acids is 1. The fraction of sp³-hybridized carbons (Fsp3) is 0.111. The fourth-order valence-corrected chi connectivity index (χ4v) is 1.71. The zero-order valence-corrected chi connectivity index (χ0v) is 10.6. The predicted molar refractivity (Wildman–Crippen MR) is 61.4 cm³/mol. The summed E-state index contributed by atoms with van der Waals surface area (Å²) in [7, 11) is 0. The Morgan fingerprint density at radius 1 is 1.40 bits per heavy atom. The molecule has 1 amide bonds. The van der Waals surface area contributed by atoms with Crippen molar-refractivity contribution in [2.45, 2.75) is 6.04 Å². The second-order valence-electron chi connectivity index (χ2n) is 2.73. The SMILES string of the molecule is O=CNC(C(=O)O)c1ccc(Br)c(Br)c1. The number of amides is 1. The Bertz CT molecular complexity index is 395. The zero-order valence-electron chi connectivity index (χ0n) is 7.41. The molecule has 1 atom stereocenters. The number of rotatable bonds is 4. The molecule has 4 nitrogen and oxygen atoms in total. The fourth-order valence-electron chi connectivity index (χ4n) is 1.07. The van der Waals surface area contributed by atoms with Crippen molar-refractivity contribution in [1.29, 1.82) is 0 Å². The Kier molecular flexibility index (Phi) is 4.28. The van der Waals surface area contributed by atoms with Crippen LogP contribution >= 0.6 is 31.9 Å². The first-order valence-electron chi connectivity index (χ1n) is 3.93. The van der Waals surface area contributed by atoms with Crippen LogP contribution in [0.15, 0.2) is 27.1 Å². The average Bonchev–Trinajstić information content (AvgIpc) is 2.18. The Morgan fingerprint density at radius 3 is 2.53 bits per heavy atom. The van der Waals surface area contributed by atoms with Crippen LogP contribution in [-0.4, -0.2) is 17.5 Å². The number of hydrogen-bond acceptors (Lipinski definition) is 2. The Hall–Kier alpha value is -0.880. The van der Waals surface area contributed by atoms with Gasteiger partial charge in [0, 0.05) is 8.95 Å². The molecule has 6 heteroatoms. The maximum atomic E-state index is 10.8. The number of carboxylic acid groups (broad SMARTS) is 1. The van der Waals surface area contributed by atoms with Gasteiger partial charge >= 0.3 is 5.97 Å². The molecule has 0 saturated heterocycles. The van der Waals surface area contributed by atoms with Gasteiger partial charge in [-0.2, -0.15) is 0 Å². The van der Waals surface area contributed by atoms with E-state index in [0.29, 0.717) is 12.0 Å². The first-order chi connectivity index (χ1) is 7.06. The van der Waals surface area contributed by atoms with Crippen molar-refractivity contribution in [1.82, 2.24) is 5.32 Å². The van der Waals surface area contributed by atoms with E-state index in [-0.39, 0.29) is 0 Å². The minimum absolute atomic E-state index is 0.370. The highest BCUT2D eigenvalue weighted by Crippen LogP contribution is 2.26. The van der Waals surface area contributed by atoms with E-state index in [9.17, 15) is 9.59 Å². The van der Waals surface area contributed by atoms with Gasteiger partial charge in [-0.1, -0.05) is 6.07 Å². The van der Waals surface area contributed by atoms with Gasteiger partial charge in [0.2, 0.25) is 6.41 Å². The third kappa shape index (κ3) is 3.04. The van der Waals surface area contributed by atoms with Crippen molar-refractivity contribution in [3.8, 4) is 0 Å². The van der Waals surface area contributed by atoms with Gasteiger partial charge < -0.3 is 10.4 Å². The van der Waals surface area contributed by atoms with E-state index in [1.54, 1.807) is 18.2 Å². The highest BCUT2D eigenvalue weighted by atomic mass is 79.9. The number of nitrogens with one attached hydrogen (secondary N) is 1. The molecule has 80 valence electrons. The molecule has 1 unspecified atom stereocenters. The lowest BCUT2D eigenvalue weighted by molar-refractivity contribution is -0.140. The van der Waals surface area contributed by atoms with Crippen molar-refractivity contribution in [2.24, 2.45) is 0 Å². The van der Waals surface area contributed by atoms with E-state index in [1.807, 2.05) is 0 Å². The Morgan fingerprint density at radius 2 is 2.07 bits per heavy atom. The lowest BCUT2D eigenvalue weighted by Gasteiger charge is -2.12. The van der Waals surface area contributed by atoms with Crippen LogP contribution in [0.5, 0.6) is 0 Å². The van der Waals surface area contributed by atoms with Gasteiger partial charge in [-0.25, -0.2) is 4.79 Å². The normalized spacial score (nSPS) is 11.9. The summed E-state index contributed by atoms with van der Waals surface area (Å²) in [6, 6.07) is 3.96. The van der Waals surface area contributed by atoms with Gasteiger partial charge in [0.25, 0.3) is 0 Å². The zero-order chi connectivity index (χ0) is 11.4. The van der Waals surface area contributed by atoms with Gasteiger partial charge in [-0.3, -0.25) is 4.79 Å². The monoisotopic (exact) mass is 335 g/mol. The summed E-state index contributed by atoms with van der Waals surface area (Å²) >= 11 is 6.53. The van der Waals surface area contributed by atoms with E-state index in [1.165, 1.54) is 0 Å². The largest absolute Gasteiger partial charge is 0.479 e. The molecule has 1 aromatic rings. The third-order valence-electron chi connectivity index (χ3n) is 1.76. The molecule has 0 aliphatic heterocycles. The quantitative estimate of drug-likeness (QED) is 0.827. The molecule has 0 bridgehead atoms. The lowest BCUT2D eigenvalue weighted by atomic mass is 10.1. The molecule has 15 heavy (non-hydrogen) atoms. The van der Waals surface area contributed by atoms with Crippen molar-refractivity contribution in [2.75, 3.05) is 0 Å². The first-order valence-corrected chi connectivity index (χ1v) is 5.52. The van der Waals surface area contributed by atoms with Gasteiger partial charge in [0.15, 0.2) is 6.04 Å². The third-order valence-corrected chi connectivity index (χ3v) is 3.64. The summed E-state index contributed by atoms with van der Waals surface area (Å²) in [6.07, 6.45) is 0.370. The molecule has 0 saturated carbocycles. The first kappa shape index (κ1) is 12.2. The number of benzene rings is 1. The second kappa shape index (κ2) is 5.27. The van der Waals surface area contributed by atoms with Crippen LogP contribution in [0.1, 0.15) is 11.6 Å². The van der Waals surface area contributed by atoms with Crippen LogP contribution < -0.4 is 5.32 Å². The highest BCUT2D eigenvalue weighted by Gasteiger charge is 2.19. The van der Waals surface area contributed by atoms with Crippen LogP contribution in [0.4, 0.5) is 0 Å². The van der Waals surface area contributed by atoms with Crippen LogP contribution in [0, 0.1) is 0 Å². The predicted octanol–water partition coefficient (Wildman–Crippen LogP) is 2.08. The van der Waals surface area contributed by atoms with Gasteiger partial charge in [-0.05, 0) is 49.6 Å². The maximum absolute atomic E-state index is 10.8. The number of carbonyl (C=O) groups is 2. The Balaban J connectivity index is 3.06. The maximum Gasteiger partial charge on any atom is 0.330 e. The smallest absolute Gasteiger partial charge is 0.330 e. The summed E-state index contributed by atoms with van der Waals surface area (Å²) in [5, 5.41) is 11.1. The van der Waals surface area contributed by atoms with Crippen molar-refractivity contribution in [3.63, 3.8) is 0 Å². The summed E-state index contributed by atoms with van der Waals surface area (Å²) in [5.74, 6) is -1.10. The molecule has 1 rings (SSSR count). The van der Waals surface area contributed by atoms with E-state index >= 15 is 0 Å². The average molecular weight is 337 g/mol. The van der Waals surface area contributed by atoms with Crippen LogP contribution in [0.2, 0.25) is 0 Å². The minimum Gasteiger partial charge on any atom is -0.479 e. The summed E-state index contributed by atoms with van der Waals surface area (Å²) < 4.78 is 1.56. The number of carbonyl (C=O) groups excluding carboxylic acids is 1. The van der Waals surface area contributed by atoms with Crippen molar-refractivity contribution >= 4 is 44.2 Å². The minimum atomic E-state index is -1.10. The van der Waals surface area contributed by atoms with Crippen LogP contribution in [0.3, 0.4) is 0 Å². The molecule has 0 aliphatic rings. The van der Waals surface area contributed by atoms with Crippen LogP contribution in [-0.2, 0) is 9.59 Å². The summed E-state index contributed by atoms with van der Waals surface area (Å²) in [5.41, 5.74) is 0.504. The van der Waals surface area contributed by atoms with Crippen molar-refractivity contribution in [3.05, 3.63) is 32.7 Å². The van der Waals surface area contributed by atoms with Gasteiger partial charge in [-0.15, -0.1) is 0 Å². The molecular formula is C9H7Br2NO3. The van der Waals surface area contributed by atoms with E-state index in [2.05, 4.69) is 37.2 Å². The van der Waals surface area contributed by atoms with E-state index in [0.717, 1.165) is 8.95 Å². The Labute approximate surface area is 103 Å². The number of hydrogen-bond donors (Lipinski definition) is 2. The van der Waals surface area contributed by atoms with Crippen LogP contribution in [0.25, 0.3) is 0 Å². The topological polar surface area (TPSA) is 66.4 Å². The second-order valence-corrected chi connectivity index (χ2v) is 4.44. The summed E-state index contributed by atoms with van der Waals surface area (Å²) in [4.78, 5) is 21.1. The highest BCUT2D eigenvalue weighted by molar-refractivity contribution is 9.13. The molecule has 0 heterocycles. The molecular weight excluding hydrogens is 330 g/mol. The van der Waals surface area contributed by atoms with E-state index in [4.69, 9.17) is 5.11 Å². The molecule has 0 fully saturated rings. The molecule has 1 aromatic carbocycles. The molecule has 0 radical (unpaired) electrons. The van der Waals surface area contributed by atoms with Gasteiger partial charge in [0.1, 0.15) is 0 Å². The number of halogens is 2.